The van der Waals surface area contributed by atoms with Gasteiger partial charge in [-0.25, -0.2) is 9.78 Å². The molecular formula is C11H14F3NO5S. The Labute approximate surface area is 120 Å². The van der Waals surface area contributed by atoms with Crippen molar-refractivity contribution in [2.24, 2.45) is 0 Å². The van der Waals surface area contributed by atoms with E-state index >= 15 is 0 Å². The maximum Gasteiger partial charge on any atom is 0.534 e. The molecule has 0 fully saturated rings. The van der Waals surface area contributed by atoms with Gasteiger partial charge in [0.05, 0.1) is 6.61 Å². The van der Waals surface area contributed by atoms with Crippen LogP contribution in [0.4, 0.5) is 13.2 Å². The second kappa shape index (κ2) is 7.81. The topological polar surface area (TPSA) is 82.6 Å². The third-order valence-corrected chi connectivity index (χ3v) is 2.68. The van der Waals surface area contributed by atoms with Crippen molar-refractivity contribution in [2.45, 2.75) is 26.3 Å². The highest BCUT2D eigenvalue weighted by molar-refractivity contribution is 7.87. The molecule has 21 heavy (non-hydrogen) atoms. The summed E-state index contributed by atoms with van der Waals surface area (Å²) in [4.78, 5) is 14.8. The third kappa shape index (κ3) is 5.58. The van der Waals surface area contributed by atoms with Gasteiger partial charge in [-0.3, -0.25) is 0 Å². The van der Waals surface area contributed by atoms with E-state index in [4.69, 9.17) is 0 Å². The normalized spacial score (nSPS) is 11.1. The SMILES string of the molecule is CC.CCOC(=O)c1cc(OS(=O)(=O)C(F)(F)F)ccn1. The summed E-state index contributed by atoms with van der Waals surface area (Å²) in [5.41, 5.74) is -5.92. The fourth-order valence-electron chi connectivity index (χ4n) is 0.954. The molecule has 0 unspecified atom stereocenters. The smallest absolute Gasteiger partial charge is 0.461 e. The van der Waals surface area contributed by atoms with Crippen LogP contribution in [0, 0.1) is 0 Å². The van der Waals surface area contributed by atoms with Crippen molar-refractivity contribution in [3.63, 3.8) is 0 Å². The van der Waals surface area contributed by atoms with E-state index in [0.717, 1.165) is 18.3 Å². The molecule has 1 heterocycles. The molecule has 0 aliphatic rings. The Balaban J connectivity index is 0.00000191. The van der Waals surface area contributed by atoms with Crippen LogP contribution in [0.25, 0.3) is 0 Å². The molecule has 0 spiro atoms. The van der Waals surface area contributed by atoms with Gasteiger partial charge in [0.25, 0.3) is 0 Å². The van der Waals surface area contributed by atoms with Crippen molar-refractivity contribution in [1.29, 1.82) is 0 Å². The molecule has 0 N–H and O–H groups in total. The minimum Gasteiger partial charge on any atom is -0.461 e. The van der Waals surface area contributed by atoms with Crippen LogP contribution in [0.2, 0.25) is 0 Å². The number of carbonyl (C=O) groups excluding carboxylic acids is 1. The van der Waals surface area contributed by atoms with Gasteiger partial charge in [0.1, 0.15) is 5.75 Å². The lowest BCUT2D eigenvalue weighted by atomic mass is 10.3. The standard InChI is InChI=1S/C9H8F3NO5S.C2H6/c1-2-17-8(14)7-5-6(3-4-13-7)18-19(15,16)9(10,11)12;1-2/h3-5H,2H2,1H3;1-2H3. The molecule has 0 aromatic carbocycles. The van der Waals surface area contributed by atoms with Crippen LogP contribution in [0.15, 0.2) is 18.3 Å². The van der Waals surface area contributed by atoms with Crippen LogP contribution < -0.4 is 4.18 Å². The summed E-state index contributed by atoms with van der Waals surface area (Å²) >= 11 is 0. The molecule has 0 radical (unpaired) electrons. The summed E-state index contributed by atoms with van der Waals surface area (Å²) in [6.45, 7) is 5.55. The zero-order valence-electron chi connectivity index (χ0n) is 11.5. The maximum absolute atomic E-state index is 12.1. The molecule has 1 aromatic heterocycles. The van der Waals surface area contributed by atoms with Crippen LogP contribution in [0.1, 0.15) is 31.3 Å². The molecule has 0 aliphatic heterocycles. The minimum absolute atomic E-state index is 0.0342. The summed E-state index contributed by atoms with van der Waals surface area (Å²) in [7, 11) is -5.79. The van der Waals surface area contributed by atoms with Crippen LogP contribution in [-0.4, -0.2) is 31.5 Å². The number of pyridine rings is 1. The van der Waals surface area contributed by atoms with Gasteiger partial charge in [0.2, 0.25) is 0 Å². The fourth-order valence-corrected chi connectivity index (χ4v) is 1.41. The van der Waals surface area contributed by atoms with Gasteiger partial charge in [0, 0.05) is 18.3 Å². The second-order valence-electron chi connectivity index (χ2n) is 3.08. The first-order chi connectivity index (χ1) is 9.67. The number of nitrogens with zero attached hydrogens (tertiary/aromatic N) is 1. The van der Waals surface area contributed by atoms with E-state index in [1.54, 1.807) is 0 Å². The predicted molar refractivity (Wildman–Crippen MR) is 67.1 cm³/mol. The number of hydrogen-bond donors (Lipinski definition) is 0. The molecule has 10 heteroatoms. The number of carbonyl (C=O) groups is 1. The number of rotatable bonds is 4. The Morgan fingerprint density at radius 1 is 1.33 bits per heavy atom. The first kappa shape index (κ1) is 19.2. The molecule has 0 aliphatic carbocycles. The summed E-state index contributed by atoms with van der Waals surface area (Å²) in [6, 6.07) is 1.60. The van der Waals surface area contributed by atoms with Crippen molar-refractivity contribution in [2.75, 3.05) is 6.61 Å². The minimum atomic E-state index is -5.79. The molecule has 0 bridgehead atoms. The van der Waals surface area contributed by atoms with Crippen LogP contribution in [-0.2, 0) is 14.9 Å². The quantitative estimate of drug-likeness (QED) is 0.479. The molecule has 1 aromatic rings. The summed E-state index contributed by atoms with van der Waals surface area (Å²) in [6.07, 6.45) is 0.924. The monoisotopic (exact) mass is 329 g/mol. The lowest BCUT2D eigenvalue weighted by Gasteiger charge is -2.09. The van der Waals surface area contributed by atoms with Crippen molar-refractivity contribution in [3.8, 4) is 5.75 Å². The van der Waals surface area contributed by atoms with E-state index in [1.807, 2.05) is 13.8 Å². The molecule has 0 saturated carbocycles. The lowest BCUT2D eigenvalue weighted by Crippen LogP contribution is -2.28. The van der Waals surface area contributed by atoms with Crippen LogP contribution >= 0.6 is 0 Å². The van der Waals surface area contributed by atoms with Gasteiger partial charge in [-0.15, -0.1) is 0 Å². The first-order valence-electron chi connectivity index (χ1n) is 5.81. The van der Waals surface area contributed by atoms with Crippen molar-refractivity contribution >= 4 is 16.1 Å². The average Bonchev–Trinajstić information content (AvgIpc) is 2.40. The molecule has 0 saturated heterocycles. The fraction of sp³-hybridized carbons (Fsp3) is 0.455. The van der Waals surface area contributed by atoms with E-state index < -0.39 is 27.3 Å². The van der Waals surface area contributed by atoms with Crippen LogP contribution in [0.5, 0.6) is 5.75 Å². The molecule has 120 valence electrons. The van der Waals surface area contributed by atoms with Gasteiger partial charge < -0.3 is 8.92 Å². The number of hydrogen-bond acceptors (Lipinski definition) is 6. The summed E-state index contributed by atoms with van der Waals surface area (Å²) in [5.74, 6) is -1.59. The molecule has 6 nitrogen and oxygen atoms in total. The van der Waals surface area contributed by atoms with E-state index in [0.29, 0.717) is 0 Å². The lowest BCUT2D eigenvalue weighted by molar-refractivity contribution is -0.0500. The van der Waals surface area contributed by atoms with Gasteiger partial charge in [0.15, 0.2) is 5.69 Å². The molecule has 0 atom stereocenters. The zero-order valence-corrected chi connectivity index (χ0v) is 12.3. The highest BCUT2D eigenvalue weighted by Gasteiger charge is 2.48. The molecule has 1 rings (SSSR count). The molecular weight excluding hydrogens is 315 g/mol. The van der Waals surface area contributed by atoms with E-state index in [2.05, 4.69) is 13.9 Å². The summed E-state index contributed by atoms with van der Waals surface area (Å²) < 4.78 is 66.1. The van der Waals surface area contributed by atoms with Crippen molar-refractivity contribution in [3.05, 3.63) is 24.0 Å². The van der Waals surface area contributed by atoms with E-state index in [9.17, 15) is 26.4 Å². The van der Waals surface area contributed by atoms with E-state index in [-0.39, 0.29) is 12.3 Å². The highest BCUT2D eigenvalue weighted by atomic mass is 32.2. The van der Waals surface area contributed by atoms with Gasteiger partial charge in [-0.05, 0) is 6.92 Å². The Morgan fingerprint density at radius 2 is 1.90 bits per heavy atom. The Bertz CT molecular complexity index is 571. The Kier molecular flexibility index (Phi) is 7.13. The summed E-state index contributed by atoms with van der Waals surface area (Å²) in [5, 5.41) is 0. The maximum atomic E-state index is 12.1. The predicted octanol–water partition coefficient (Wildman–Crippen LogP) is 2.51. The van der Waals surface area contributed by atoms with Gasteiger partial charge in [-0.1, -0.05) is 13.8 Å². The largest absolute Gasteiger partial charge is 0.534 e. The van der Waals surface area contributed by atoms with E-state index in [1.165, 1.54) is 6.92 Å². The number of esters is 1. The number of halogens is 3. The molecule has 0 amide bonds. The Hall–Kier alpha value is -1.84. The Morgan fingerprint density at radius 3 is 2.38 bits per heavy atom. The number of ether oxygens (including phenoxy) is 1. The van der Waals surface area contributed by atoms with Gasteiger partial charge >= 0.3 is 21.6 Å². The average molecular weight is 329 g/mol. The highest BCUT2D eigenvalue weighted by Crippen LogP contribution is 2.26. The zero-order chi connectivity index (χ0) is 16.7. The second-order valence-corrected chi connectivity index (χ2v) is 4.62. The number of aromatic nitrogens is 1. The van der Waals surface area contributed by atoms with Crippen molar-refractivity contribution in [1.82, 2.24) is 4.98 Å². The third-order valence-electron chi connectivity index (χ3n) is 1.71. The van der Waals surface area contributed by atoms with Gasteiger partial charge in [-0.2, -0.15) is 21.6 Å². The van der Waals surface area contributed by atoms with Crippen molar-refractivity contribution < 1.29 is 35.3 Å². The van der Waals surface area contributed by atoms with Crippen LogP contribution in [0.3, 0.4) is 0 Å². The number of alkyl halides is 3. The first-order valence-corrected chi connectivity index (χ1v) is 7.22.